The van der Waals surface area contributed by atoms with Gasteiger partial charge in [-0.05, 0) is 22.9 Å². The first-order chi connectivity index (χ1) is 15.7. The number of nitrogens with two attached hydrogens (primary N) is 1. The fourth-order valence-corrected chi connectivity index (χ4v) is 4.09. The molecule has 3 aromatic carbocycles. The molecule has 1 aliphatic rings. The molecular weight excluding hydrogens is 400 g/mol. The van der Waals surface area contributed by atoms with Crippen molar-refractivity contribution in [1.82, 2.24) is 15.3 Å². The van der Waals surface area contributed by atoms with Crippen LogP contribution in [0.4, 0.5) is 17.2 Å². The van der Waals surface area contributed by atoms with Gasteiger partial charge in [0.25, 0.3) is 5.91 Å². The Morgan fingerprint density at radius 1 is 0.969 bits per heavy atom. The monoisotopic (exact) mass is 424 g/mol. The molecule has 0 saturated carbocycles. The first-order valence-corrected chi connectivity index (χ1v) is 10.7. The van der Waals surface area contributed by atoms with Gasteiger partial charge in [-0.3, -0.25) is 4.79 Å². The van der Waals surface area contributed by atoms with E-state index in [2.05, 4.69) is 25.5 Å². The zero-order valence-electron chi connectivity index (χ0n) is 17.6. The number of amides is 1. The van der Waals surface area contributed by atoms with Crippen molar-refractivity contribution >= 4 is 33.9 Å². The first kappa shape index (κ1) is 20.0. The average Bonchev–Trinajstić information content (AvgIpc) is 2.85. The summed E-state index contributed by atoms with van der Waals surface area (Å²) < 4.78 is 0. The van der Waals surface area contributed by atoms with Gasteiger partial charge in [0.15, 0.2) is 11.5 Å². The van der Waals surface area contributed by atoms with Gasteiger partial charge in [-0.2, -0.15) is 0 Å². The molecule has 7 heteroatoms. The van der Waals surface area contributed by atoms with Crippen molar-refractivity contribution < 1.29 is 4.79 Å². The van der Waals surface area contributed by atoms with E-state index in [0.29, 0.717) is 5.69 Å². The van der Waals surface area contributed by atoms with Gasteiger partial charge in [0.2, 0.25) is 0 Å². The van der Waals surface area contributed by atoms with Crippen molar-refractivity contribution in [3.8, 4) is 11.3 Å². The molecule has 0 spiro atoms. The second kappa shape index (κ2) is 8.64. The topological polar surface area (TPSA) is 96.2 Å². The quantitative estimate of drug-likeness (QED) is 0.464. The Morgan fingerprint density at radius 2 is 1.72 bits per heavy atom. The van der Waals surface area contributed by atoms with E-state index in [4.69, 9.17) is 5.73 Å². The summed E-state index contributed by atoms with van der Waals surface area (Å²) in [4.78, 5) is 24.3. The number of rotatable bonds is 4. The molecule has 1 aliphatic heterocycles. The molecule has 2 heterocycles. The summed E-state index contributed by atoms with van der Waals surface area (Å²) in [5.74, 6) is -0.272. The highest BCUT2D eigenvalue weighted by Gasteiger charge is 2.19. The van der Waals surface area contributed by atoms with Crippen LogP contribution < -0.4 is 21.3 Å². The third kappa shape index (κ3) is 3.86. The van der Waals surface area contributed by atoms with Crippen LogP contribution in [0.1, 0.15) is 10.5 Å². The number of hydrogen-bond acceptors (Lipinski definition) is 6. The van der Waals surface area contributed by atoms with Crippen LogP contribution in [0.5, 0.6) is 0 Å². The maximum absolute atomic E-state index is 13.2. The number of benzene rings is 3. The second-order valence-electron chi connectivity index (χ2n) is 7.72. The molecule has 1 aromatic heterocycles. The lowest BCUT2D eigenvalue weighted by Gasteiger charge is -2.31. The minimum Gasteiger partial charge on any atom is -0.382 e. The molecule has 1 amide bonds. The van der Waals surface area contributed by atoms with Crippen LogP contribution in [0.2, 0.25) is 0 Å². The number of carbonyl (C=O) groups is 1. The fourth-order valence-electron chi connectivity index (χ4n) is 4.09. The standard InChI is InChI=1S/C25H24N6O/c26-24-23(25(32)30-20-10-3-4-11-22(20)31-14-12-27-13-15-31)29-21(16-28-24)19-9-5-7-17-6-1-2-8-18(17)19/h1-11,16,27H,12-15H2,(H2,26,28)(H,30,32). The van der Waals surface area contributed by atoms with Crippen molar-refractivity contribution in [3.05, 3.63) is 78.6 Å². The van der Waals surface area contributed by atoms with E-state index in [1.54, 1.807) is 6.20 Å². The normalized spacial score (nSPS) is 13.8. The zero-order valence-corrected chi connectivity index (χ0v) is 17.6. The van der Waals surface area contributed by atoms with Crippen LogP contribution in [0, 0.1) is 0 Å². The maximum Gasteiger partial charge on any atom is 0.278 e. The van der Waals surface area contributed by atoms with E-state index < -0.39 is 0 Å². The van der Waals surface area contributed by atoms with Gasteiger partial charge in [-0.1, -0.05) is 54.6 Å². The fraction of sp³-hybridized carbons (Fsp3) is 0.160. The summed E-state index contributed by atoms with van der Waals surface area (Å²) >= 11 is 0. The van der Waals surface area contributed by atoms with Gasteiger partial charge in [-0.25, -0.2) is 9.97 Å². The maximum atomic E-state index is 13.2. The van der Waals surface area contributed by atoms with Gasteiger partial charge >= 0.3 is 0 Å². The van der Waals surface area contributed by atoms with Crippen LogP contribution >= 0.6 is 0 Å². The highest BCUT2D eigenvalue weighted by molar-refractivity contribution is 6.07. The molecule has 4 aromatic rings. The number of aromatic nitrogens is 2. The van der Waals surface area contributed by atoms with Crippen molar-refractivity contribution in [3.63, 3.8) is 0 Å². The van der Waals surface area contributed by atoms with Gasteiger partial charge in [0.05, 0.1) is 23.3 Å². The lowest BCUT2D eigenvalue weighted by atomic mass is 10.0. The highest BCUT2D eigenvalue weighted by Crippen LogP contribution is 2.29. The Balaban J connectivity index is 1.48. The molecule has 0 radical (unpaired) electrons. The smallest absolute Gasteiger partial charge is 0.278 e. The summed E-state index contributed by atoms with van der Waals surface area (Å²) in [6, 6.07) is 21.8. The Labute approximate surface area is 186 Å². The number of hydrogen-bond donors (Lipinski definition) is 3. The second-order valence-corrected chi connectivity index (χ2v) is 7.72. The number of fused-ring (bicyclic) bond motifs is 1. The number of nitrogens with zero attached hydrogens (tertiary/aromatic N) is 3. The Hall–Kier alpha value is -3.97. The van der Waals surface area contributed by atoms with Crippen molar-refractivity contribution in [1.29, 1.82) is 0 Å². The predicted molar refractivity (Wildman–Crippen MR) is 129 cm³/mol. The van der Waals surface area contributed by atoms with E-state index in [-0.39, 0.29) is 17.4 Å². The van der Waals surface area contributed by atoms with Crippen molar-refractivity contribution in [2.45, 2.75) is 0 Å². The highest BCUT2D eigenvalue weighted by atomic mass is 16.1. The van der Waals surface area contributed by atoms with E-state index >= 15 is 0 Å². The number of nitrogen functional groups attached to an aromatic ring is 1. The first-order valence-electron chi connectivity index (χ1n) is 10.7. The number of piperazine rings is 1. The van der Waals surface area contributed by atoms with E-state index in [0.717, 1.165) is 53.9 Å². The van der Waals surface area contributed by atoms with Crippen LogP contribution in [-0.4, -0.2) is 42.1 Å². The predicted octanol–water partition coefficient (Wildman–Crippen LogP) is 3.54. The van der Waals surface area contributed by atoms with E-state index in [9.17, 15) is 4.79 Å². The van der Waals surface area contributed by atoms with Crippen molar-refractivity contribution in [2.75, 3.05) is 42.1 Å². The van der Waals surface area contributed by atoms with Gasteiger partial charge in [0, 0.05) is 31.7 Å². The molecule has 4 N–H and O–H groups in total. The molecular formula is C25H24N6O. The lowest BCUT2D eigenvalue weighted by molar-refractivity contribution is 0.102. The molecule has 160 valence electrons. The Kier molecular flexibility index (Phi) is 5.39. The summed E-state index contributed by atoms with van der Waals surface area (Å²) in [5, 5.41) is 8.49. The molecule has 7 nitrogen and oxygen atoms in total. The molecule has 0 bridgehead atoms. The largest absolute Gasteiger partial charge is 0.382 e. The van der Waals surface area contributed by atoms with Crippen LogP contribution in [0.25, 0.3) is 22.0 Å². The molecule has 0 atom stereocenters. The molecule has 5 rings (SSSR count). The van der Waals surface area contributed by atoms with Gasteiger partial charge in [-0.15, -0.1) is 0 Å². The molecule has 1 saturated heterocycles. The molecule has 1 fully saturated rings. The van der Waals surface area contributed by atoms with Crippen LogP contribution in [0.3, 0.4) is 0 Å². The minimum absolute atomic E-state index is 0.103. The summed E-state index contributed by atoms with van der Waals surface area (Å²) in [6.45, 7) is 3.58. The number of carbonyl (C=O) groups excluding carboxylic acids is 1. The van der Waals surface area contributed by atoms with Gasteiger partial charge in [0.1, 0.15) is 0 Å². The average molecular weight is 425 g/mol. The number of anilines is 3. The SMILES string of the molecule is Nc1ncc(-c2cccc3ccccc23)nc1C(=O)Nc1ccccc1N1CCNCC1. The minimum atomic E-state index is -0.375. The molecule has 32 heavy (non-hydrogen) atoms. The van der Waals surface area contributed by atoms with Gasteiger partial charge < -0.3 is 21.3 Å². The third-order valence-corrected chi connectivity index (χ3v) is 5.69. The lowest BCUT2D eigenvalue weighted by Crippen LogP contribution is -2.43. The summed E-state index contributed by atoms with van der Waals surface area (Å²) in [6.07, 6.45) is 1.61. The third-order valence-electron chi connectivity index (χ3n) is 5.69. The Morgan fingerprint density at radius 3 is 2.59 bits per heavy atom. The van der Waals surface area contributed by atoms with E-state index in [1.165, 1.54) is 0 Å². The van der Waals surface area contributed by atoms with Crippen LogP contribution in [0.15, 0.2) is 72.9 Å². The summed E-state index contributed by atoms with van der Waals surface area (Å²) in [7, 11) is 0. The van der Waals surface area contributed by atoms with E-state index in [1.807, 2.05) is 66.7 Å². The molecule has 0 unspecified atom stereocenters. The molecule has 0 aliphatic carbocycles. The summed E-state index contributed by atoms with van der Waals surface area (Å²) in [5.41, 5.74) is 9.41. The zero-order chi connectivity index (χ0) is 21.9. The van der Waals surface area contributed by atoms with Crippen LogP contribution in [-0.2, 0) is 0 Å². The van der Waals surface area contributed by atoms with Crippen molar-refractivity contribution in [2.24, 2.45) is 0 Å². The Bertz CT molecular complexity index is 1280. The number of para-hydroxylation sites is 2. The number of nitrogens with one attached hydrogen (secondary N) is 2.